The summed E-state index contributed by atoms with van der Waals surface area (Å²) in [6, 6.07) is 5.36. The van der Waals surface area contributed by atoms with Gasteiger partial charge >= 0.3 is 6.18 Å². The molecular formula is C13H10BrF3O2. The fourth-order valence-electron chi connectivity index (χ4n) is 1.72. The van der Waals surface area contributed by atoms with Crippen LogP contribution >= 0.6 is 15.9 Å². The lowest BCUT2D eigenvalue weighted by molar-refractivity contribution is -0.138. The average molecular weight is 335 g/mol. The van der Waals surface area contributed by atoms with Gasteiger partial charge in [0.2, 0.25) is 0 Å². The van der Waals surface area contributed by atoms with E-state index in [1.54, 1.807) is 6.07 Å². The third-order valence-electron chi connectivity index (χ3n) is 2.69. The Morgan fingerprint density at radius 3 is 2.58 bits per heavy atom. The summed E-state index contributed by atoms with van der Waals surface area (Å²) < 4.78 is 43.0. The molecule has 0 bridgehead atoms. The van der Waals surface area contributed by atoms with Gasteiger partial charge in [0.15, 0.2) is 0 Å². The van der Waals surface area contributed by atoms with Crippen molar-refractivity contribution < 1.29 is 22.7 Å². The van der Waals surface area contributed by atoms with E-state index >= 15 is 0 Å². The van der Waals surface area contributed by atoms with Crippen LogP contribution in [0.4, 0.5) is 13.2 Å². The van der Waals surface area contributed by atoms with Crippen molar-refractivity contribution in [2.24, 2.45) is 0 Å². The first-order chi connectivity index (χ1) is 8.88. The molecule has 0 radical (unpaired) electrons. The fraction of sp³-hybridized carbons (Fsp3) is 0.231. The molecule has 0 fully saturated rings. The molecule has 0 saturated carbocycles. The van der Waals surface area contributed by atoms with Gasteiger partial charge in [0, 0.05) is 10.9 Å². The normalized spacial score (nSPS) is 13.5. The van der Waals surface area contributed by atoms with Crippen LogP contribution in [0.3, 0.4) is 0 Å². The van der Waals surface area contributed by atoms with Gasteiger partial charge in [0.1, 0.15) is 0 Å². The van der Waals surface area contributed by atoms with Crippen LogP contribution in [-0.2, 0) is 12.6 Å². The number of alkyl halides is 3. The molecule has 0 saturated heterocycles. The number of rotatable bonds is 3. The third kappa shape index (κ3) is 3.39. The summed E-state index contributed by atoms with van der Waals surface area (Å²) in [6.45, 7) is 0. The predicted molar refractivity (Wildman–Crippen MR) is 66.5 cm³/mol. The first kappa shape index (κ1) is 14.1. The lowest BCUT2D eigenvalue weighted by Crippen LogP contribution is -2.09. The highest BCUT2D eigenvalue weighted by atomic mass is 79.9. The van der Waals surface area contributed by atoms with Crippen molar-refractivity contribution in [1.82, 2.24) is 0 Å². The molecule has 1 atom stereocenters. The van der Waals surface area contributed by atoms with Crippen molar-refractivity contribution in [1.29, 1.82) is 0 Å². The van der Waals surface area contributed by atoms with E-state index in [-0.39, 0.29) is 16.5 Å². The standard InChI is InChI=1S/C13H10BrF3O2/c14-11-2-1-9(6-10(11)13(15,16)17)12(18)5-8-3-4-19-7-8/h1-4,6-7,12,18H,5H2. The van der Waals surface area contributed by atoms with E-state index in [9.17, 15) is 18.3 Å². The van der Waals surface area contributed by atoms with Crippen molar-refractivity contribution in [3.05, 3.63) is 58.0 Å². The van der Waals surface area contributed by atoms with Crippen LogP contribution in [0, 0.1) is 0 Å². The second kappa shape index (κ2) is 5.38. The number of furan rings is 1. The van der Waals surface area contributed by atoms with Crippen LogP contribution in [0.25, 0.3) is 0 Å². The minimum Gasteiger partial charge on any atom is -0.472 e. The van der Waals surface area contributed by atoms with Crippen molar-refractivity contribution in [3.63, 3.8) is 0 Å². The molecule has 0 aliphatic heterocycles. The molecule has 1 N–H and O–H groups in total. The molecule has 0 amide bonds. The van der Waals surface area contributed by atoms with E-state index in [1.165, 1.54) is 24.7 Å². The molecule has 0 aliphatic rings. The van der Waals surface area contributed by atoms with Crippen molar-refractivity contribution in [2.75, 3.05) is 0 Å². The molecule has 2 aromatic rings. The van der Waals surface area contributed by atoms with Crippen LogP contribution in [0.5, 0.6) is 0 Å². The van der Waals surface area contributed by atoms with Gasteiger partial charge in [0.05, 0.1) is 24.2 Å². The highest BCUT2D eigenvalue weighted by Gasteiger charge is 2.33. The smallest absolute Gasteiger partial charge is 0.417 e. The summed E-state index contributed by atoms with van der Waals surface area (Å²) in [5.74, 6) is 0. The third-order valence-corrected chi connectivity index (χ3v) is 3.38. The molecule has 2 rings (SSSR count). The first-order valence-electron chi connectivity index (χ1n) is 5.43. The maximum absolute atomic E-state index is 12.7. The number of halogens is 4. The SMILES string of the molecule is OC(Cc1ccoc1)c1ccc(Br)c(C(F)(F)F)c1. The summed E-state index contributed by atoms with van der Waals surface area (Å²) in [5, 5.41) is 9.95. The number of benzene rings is 1. The Kier molecular flexibility index (Phi) is 4.01. The Hall–Kier alpha value is -1.27. The molecule has 2 nitrogen and oxygen atoms in total. The molecule has 1 aromatic carbocycles. The Bertz CT molecular complexity index is 550. The van der Waals surface area contributed by atoms with Crippen LogP contribution < -0.4 is 0 Å². The molecule has 1 heterocycles. The van der Waals surface area contributed by atoms with E-state index in [0.717, 1.165) is 11.6 Å². The summed E-state index contributed by atoms with van der Waals surface area (Å²) in [5.41, 5.74) is 0.150. The van der Waals surface area contributed by atoms with Gasteiger partial charge < -0.3 is 9.52 Å². The topological polar surface area (TPSA) is 33.4 Å². The maximum Gasteiger partial charge on any atom is 0.417 e. The zero-order chi connectivity index (χ0) is 14.0. The number of hydrogen-bond donors (Lipinski definition) is 1. The van der Waals surface area contributed by atoms with Gasteiger partial charge in [-0.15, -0.1) is 0 Å². The highest BCUT2D eigenvalue weighted by molar-refractivity contribution is 9.10. The highest BCUT2D eigenvalue weighted by Crippen LogP contribution is 2.36. The van der Waals surface area contributed by atoms with Crippen LogP contribution in [0.1, 0.15) is 22.8 Å². The minimum absolute atomic E-state index is 0.0424. The zero-order valence-corrected chi connectivity index (χ0v) is 11.2. The summed E-state index contributed by atoms with van der Waals surface area (Å²) in [7, 11) is 0. The number of aliphatic hydroxyl groups excluding tert-OH is 1. The van der Waals surface area contributed by atoms with E-state index in [2.05, 4.69) is 15.9 Å². The number of hydrogen-bond acceptors (Lipinski definition) is 2. The molecule has 6 heteroatoms. The van der Waals surface area contributed by atoms with Crippen LogP contribution in [0.15, 0.2) is 45.7 Å². The van der Waals surface area contributed by atoms with Gasteiger partial charge in [0.25, 0.3) is 0 Å². The van der Waals surface area contributed by atoms with E-state index < -0.39 is 17.8 Å². The number of aliphatic hydroxyl groups is 1. The summed E-state index contributed by atoms with van der Waals surface area (Å²) in [4.78, 5) is 0. The van der Waals surface area contributed by atoms with Gasteiger partial charge in [-0.3, -0.25) is 0 Å². The lowest BCUT2D eigenvalue weighted by atomic mass is 10.0. The van der Waals surface area contributed by atoms with E-state index in [4.69, 9.17) is 4.42 Å². The lowest BCUT2D eigenvalue weighted by Gasteiger charge is -2.14. The van der Waals surface area contributed by atoms with Crippen molar-refractivity contribution >= 4 is 15.9 Å². The van der Waals surface area contributed by atoms with Gasteiger partial charge in [-0.05, 0) is 29.3 Å². The van der Waals surface area contributed by atoms with Crippen molar-refractivity contribution in [3.8, 4) is 0 Å². The molecule has 0 aliphatic carbocycles. The van der Waals surface area contributed by atoms with Crippen LogP contribution in [0.2, 0.25) is 0 Å². The molecule has 19 heavy (non-hydrogen) atoms. The van der Waals surface area contributed by atoms with Crippen LogP contribution in [-0.4, -0.2) is 5.11 Å². The quantitative estimate of drug-likeness (QED) is 0.905. The Morgan fingerprint density at radius 2 is 2.00 bits per heavy atom. The second-order valence-electron chi connectivity index (χ2n) is 4.09. The predicted octanol–water partition coefficient (Wildman–Crippen LogP) is 4.34. The Balaban J connectivity index is 2.25. The average Bonchev–Trinajstić information content (AvgIpc) is 2.80. The van der Waals surface area contributed by atoms with Gasteiger partial charge in [-0.2, -0.15) is 13.2 Å². The van der Waals surface area contributed by atoms with Gasteiger partial charge in [-0.25, -0.2) is 0 Å². The monoisotopic (exact) mass is 334 g/mol. The minimum atomic E-state index is -4.45. The zero-order valence-electron chi connectivity index (χ0n) is 9.62. The Labute approximate surface area is 116 Å². The largest absolute Gasteiger partial charge is 0.472 e. The van der Waals surface area contributed by atoms with E-state index in [0.29, 0.717) is 0 Å². The molecular weight excluding hydrogens is 325 g/mol. The first-order valence-corrected chi connectivity index (χ1v) is 6.23. The van der Waals surface area contributed by atoms with E-state index in [1.807, 2.05) is 0 Å². The Morgan fingerprint density at radius 1 is 1.26 bits per heavy atom. The summed E-state index contributed by atoms with van der Waals surface area (Å²) >= 11 is 2.86. The second-order valence-corrected chi connectivity index (χ2v) is 4.94. The molecule has 0 spiro atoms. The molecule has 1 unspecified atom stereocenters. The molecule has 102 valence electrons. The fourth-order valence-corrected chi connectivity index (χ4v) is 2.19. The van der Waals surface area contributed by atoms with Gasteiger partial charge in [-0.1, -0.05) is 22.0 Å². The maximum atomic E-state index is 12.7. The summed E-state index contributed by atoms with van der Waals surface area (Å²) in [6.07, 6.45) is -2.36. The van der Waals surface area contributed by atoms with Crippen molar-refractivity contribution in [2.45, 2.75) is 18.7 Å². The molecule has 1 aromatic heterocycles.